The number of nitrogens with zero attached hydrogens (tertiary/aromatic N) is 2. The number of aliphatic carboxylic acids is 1. The van der Waals surface area contributed by atoms with Gasteiger partial charge in [0.2, 0.25) is 0 Å². The molecule has 2 rings (SSSR count). The first-order chi connectivity index (χ1) is 9.56. The highest BCUT2D eigenvalue weighted by molar-refractivity contribution is 7.98. The van der Waals surface area contributed by atoms with Crippen LogP contribution in [0.1, 0.15) is 11.4 Å². The molecule has 1 aromatic heterocycles. The third-order valence-electron chi connectivity index (χ3n) is 2.61. The summed E-state index contributed by atoms with van der Waals surface area (Å²) in [6.07, 6.45) is 0. The third kappa shape index (κ3) is 3.82. The smallest absolute Gasteiger partial charge is 0.321 e. The molecule has 20 heavy (non-hydrogen) atoms. The molecule has 7 heteroatoms. The zero-order chi connectivity index (χ0) is 14.5. The summed E-state index contributed by atoms with van der Waals surface area (Å²) in [5.41, 5.74) is 7.43. The van der Waals surface area contributed by atoms with Gasteiger partial charge in [0, 0.05) is 11.3 Å². The van der Waals surface area contributed by atoms with Crippen LogP contribution in [0.15, 0.2) is 28.8 Å². The Kier molecular flexibility index (Phi) is 4.75. The summed E-state index contributed by atoms with van der Waals surface area (Å²) in [5, 5.41) is 12.5. The lowest BCUT2D eigenvalue weighted by atomic mass is 10.1. The molecular formula is C13H15N3O3S. The molecule has 0 amide bonds. The highest BCUT2D eigenvalue weighted by Crippen LogP contribution is 2.19. The van der Waals surface area contributed by atoms with Crippen LogP contribution in [0.3, 0.4) is 0 Å². The molecule has 106 valence electrons. The molecule has 0 saturated heterocycles. The molecule has 0 radical (unpaired) electrons. The molecular weight excluding hydrogens is 278 g/mol. The quantitative estimate of drug-likeness (QED) is 0.835. The number of nitrogens with two attached hydrogens (primary N) is 1. The van der Waals surface area contributed by atoms with Gasteiger partial charge in [0.1, 0.15) is 6.04 Å². The van der Waals surface area contributed by atoms with Gasteiger partial charge in [-0.05, 0) is 19.1 Å². The van der Waals surface area contributed by atoms with E-state index in [9.17, 15) is 4.79 Å². The maximum absolute atomic E-state index is 10.6. The first-order valence-corrected chi connectivity index (χ1v) is 7.17. The lowest BCUT2D eigenvalue weighted by Crippen LogP contribution is -2.32. The lowest BCUT2D eigenvalue weighted by molar-refractivity contribution is -0.137. The van der Waals surface area contributed by atoms with Crippen molar-refractivity contribution in [3.05, 3.63) is 35.7 Å². The first-order valence-electron chi connectivity index (χ1n) is 6.02. The van der Waals surface area contributed by atoms with E-state index in [-0.39, 0.29) is 0 Å². The van der Waals surface area contributed by atoms with Crippen LogP contribution in [0.2, 0.25) is 0 Å². The van der Waals surface area contributed by atoms with Crippen LogP contribution < -0.4 is 5.73 Å². The van der Waals surface area contributed by atoms with Crippen LogP contribution in [0, 0.1) is 6.92 Å². The number of thioether (sulfide) groups is 1. The maximum atomic E-state index is 10.6. The fraction of sp³-hybridized carbons (Fsp3) is 0.308. The minimum Gasteiger partial charge on any atom is -0.480 e. The predicted octanol–water partition coefficient (Wildman–Crippen LogP) is 1.69. The zero-order valence-electron chi connectivity index (χ0n) is 10.9. The van der Waals surface area contributed by atoms with Gasteiger partial charge in [-0.25, -0.2) is 0 Å². The molecule has 0 aliphatic heterocycles. The van der Waals surface area contributed by atoms with Gasteiger partial charge in [0.05, 0.1) is 5.75 Å². The van der Waals surface area contributed by atoms with Gasteiger partial charge in [-0.3, -0.25) is 4.79 Å². The summed E-state index contributed by atoms with van der Waals surface area (Å²) in [4.78, 5) is 14.8. The molecule has 0 bridgehead atoms. The summed E-state index contributed by atoms with van der Waals surface area (Å²) in [6, 6.07) is 6.91. The Labute approximate surface area is 120 Å². The SMILES string of the molecule is Cc1ccc(-c2nc(CSC[C@H](N)C(=O)O)no2)cc1. The Bertz CT molecular complexity index is 583. The fourth-order valence-corrected chi connectivity index (χ4v) is 2.29. The van der Waals surface area contributed by atoms with E-state index in [2.05, 4.69) is 10.1 Å². The molecule has 0 aliphatic rings. The van der Waals surface area contributed by atoms with Crippen molar-refractivity contribution in [2.75, 3.05) is 5.75 Å². The van der Waals surface area contributed by atoms with Crippen molar-refractivity contribution in [3.8, 4) is 11.5 Å². The number of rotatable bonds is 6. The Morgan fingerprint density at radius 1 is 1.45 bits per heavy atom. The van der Waals surface area contributed by atoms with E-state index < -0.39 is 12.0 Å². The zero-order valence-corrected chi connectivity index (χ0v) is 11.8. The molecule has 3 N–H and O–H groups in total. The van der Waals surface area contributed by atoms with E-state index in [1.165, 1.54) is 11.8 Å². The first kappa shape index (κ1) is 14.5. The third-order valence-corrected chi connectivity index (χ3v) is 3.67. The van der Waals surface area contributed by atoms with Gasteiger partial charge in [-0.1, -0.05) is 22.9 Å². The number of benzene rings is 1. The minimum absolute atomic E-state index is 0.309. The molecule has 2 aromatic rings. The molecule has 1 aromatic carbocycles. The largest absolute Gasteiger partial charge is 0.480 e. The van der Waals surface area contributed by atoms with Crippen molar-refractivity contribution < 1.29 is 14.4 Å². The fourth-order valence-electron chi connectivity index (χ4n) is 1.47. The highest BCUT2D eigenvalue weighted by Gasteiger charge is 2.13. The standard InChI is InChI=1S/C13H15N3O3S/c1-8-2-4-9(5-3-8)12-15-11(16-19-12)7-20-6-10(14)13(17)18/h2-5,10H,6-7,14H2,1H3,(H,17,18)/t10-/m0/s1. The van der Waals surface area contributed by atoms with Gasteiger partial charge >= 0.3 is 5.97 Å². The van der Waals surface area contributed by atoms with Crippen molar-refractivity contribution in [3.63, 3.8) is 0 Å². The summed E-state index contributed by atoms with van der Waals surface area (Å²) >= 11 is 1.36. The number of carbonyl (C=O) groups is 1. The molecule has 0 aliphatic carbocycles. The molecule has 0 fully saturated rings. The van der Waals surface area contributed by atoms with Crippen LogP contribution in [0.25, 0.3) is 11.5 Å². The van der Waals surface area contributed by atoms with Crippen LogP contribution >= 0.6 is 11.8 Å². The number of hydrogen-bond donors (Lipinski definition) is 2. The normalized spacial score (nSPS) is 12.3. The van der Waals surface area contributed by atoms with Gasteiger partial charge in [-0.15, -0.1) is 0 Å². The Morgan fingerprint density at radius 2 is 2.15 bits per heavy atom. The van der Waals surface area contributed by atoms with E-state index >= 15 is 0 Å². The Morgan fingerprint density at radius 3 is 2.80 bits per heavy atom. The van der Waals surface area contributed by atoms with Crippen LogP contribution in [0.4, 0.5) is 0 Å². The van der Waals surface area contributed by atoms with Gasteiger partial charge in [0.15, 0.2) is 5.82 Å². The number of hydrogen-bond acceptors (Lipinski definition) is 6. The van der Waals surface area contributed by atoms with Gasteiger partial charge in [-0.2, -0.15) is 16.7 Å². The monoisotopic (exact) mass is 293 g/mol. The van der Waals surface area contributed by atoms with Gasteiger partial charge in [0.25, 0.3) is 5.89 Å². The molecule has 0 spiro atoms. The predicted molar refractivity (Wildman–Crippen MR) is 76.2 cm³/mol. The van der Waals surface area contributed by atoms with Crippen molar-refractivity contribution in [2.24, 2.45) is 5.73 Å². The van der Waals surface area contributed by atoms with Crippen molar-refractivity contribution in [1.29, 1.82) is 0 Å². The summed E-state index contributed by atoms with van der Waals surface area (Å²) < 4.78 is 5.17. The summed E-state index contributed by atoms with van der Waals surface area (Å²) in [5.74, 6) is 0.761. The van der Waals surface area contributed by atoms with Crippen LogP contribution in [-0.2, 0) is 10.5 Å². The van der Waals surface area contributed by atoms with E-state index in [0.29, 0.717) is 23.2 Å². The second-order valence-corrected chi connectivity index (χ2v) is 5.37. The molecule has 6 nitrogen and oxygen atoms in total. The molecule has 0 saturated carbocycles. The van der Waals surface area contributed by atoms with Crippen LogP contribution in [-0.4, -0.2) is 33.0 Å². The molecule has 1 atom stereocenters. The van der Waals surface area contributed by atoms with E-state index in [4.69, 9.17) is 15.4 Å². The number of aryl methyl sites for hydroxylation is 1. The average Bonchev–Trinajstić information content (AvgIpc) is 2.88. The summed E-state index contributed by atoms with van der Waals surface area (Å²) in [7, 11) is 0. The summed E-state index contributed by atoms with van der Waals surface area (Å²) in [6.45, 7) is 2.01. The van der Waals surface area contributed by atoms with Crippen molar-refractivity contribution >= 4 is 17.7 Å². The van der Waals surface area contributed by atoms with Crippen LogP contribution in [0.5, 0.6) is 0 Å². The van der Waals surface area contributed by atoms with Crippen molar-refractivity contribution in [1.82, 2.24) is 10.1 Å². The highest BCUT2D eigenvalue weighted by atomic mass is 32.2. The molecule has 1 heterocycles. The van der Waals surface area contributed by atoms with E-state index in [0.717, 1.165) is 11.1 Å². The van der Waals surface area contributed by atoms with E-state index in [1.54, 1.807) is 0 Å². The molecule has 0 unspecified atom stereocenters. The maximum Gasteiger partial charge on any atom is 0.321 e. The average molecular weight is 293 g/mol. The second kappa shape index (κ2) is 6.53. The van der Waals surface area contributed by atoms with Gasteiger partial charge < -0.3 is 15.4 Å². The Balaban J connectivity index is 1.92. The Hall–Kier alpha value is -1.86. The number of carboxylic acids is 1. The number of aromatic nitrogens is 2. The minimum atomic E-state index is -1.01. The topological polar surface area (TPSA) is 102 Å². The second-order valence-electron chi connectivity index (χ2n) is 4.34. The van der Waals surface area contributed by atoms with E-state index in [1.807, 2.05) is 31.2 Å². The lowest BCUT2D eigenvalue weighted by Gasteiger charge is -2.03. The van der Waals surface area contributed by atoms with Crippen molar-refractivity contribution in [2.45, 2.75) is 18.7 Å². The number of carboxylic acid groups (broad SMARTS) is 1.